The SMILES string of the molecule is CC(C)(C)OC(=O)C1CNCCC12C(=O)N(CC(=O)O)CN2c1ccccc1. The first kappa shape index (κ1) is 20.1. The van der Waals surface area contributed by atoms with Gasteiger partial charge in [0.15, 0.2) is 0 Å². The fourth-order valence-electron chi connectivity index (χ4n) is 4.05. The number of hydrogen-bond acceptors (Lipinski definition) is 6. The third kappa shape index (κ3) is 3.69. The van der Waals surface area contributed by atoms with Crippen molar-refractivity contribution in [2.75, 3.05) is 31.2 Å². The number of rotatable bonds is 4. The highest BCUT2D eigenvalue weighted by Crippen LogP contribution is 2.42. The number of amides is 1. The molecule has 0 aromatic heterocycles. The van der Waals surface area contributed by atoms with E-state index in [4.69, 9.17) is 4.74 Å². The number of nitrogens with one attached hydrogen (secondary N) is 1. The van der Waals surface area contributed by atoms with Gasteiger partial charge in [-0.1, -0.05) is 18.2 Å². The summed E-state index contributed by atoms with van der Waals surface area (Å²) in [6, 6.07) is 9.33. The number of benzene rings is 1. The zero-order valence-electron chi connectivity index (χ0n) is 16.5. The predicted molar refractivity (Wildman–Crippen MR) is 103 cm³/mol. The van der Waals surface area contributed by atoms with Crippen molar-refractivity contribution >= 4 is 23.5 Å². The lowest BCUT2D eigenvalue weighted by Crippen LogP contribution is -2.64. The number of esters is 1. The van der Waals surface area contributed by atoms with Crippen molar-refractivity contribution in [2.45, 2.75) is 38.3 Å². The summed E-state index contributed by atoms with van der Waals surface area (Å²) in [6.45, 7) is 5.93. The molecule has 0 aliphatic carbocycles. The van der Waals surface area contributed by atoms with Crippen molar-refractivity contribution in [2.24, 2.45) is 5.92 Å². The van der Waals surface area contributed by atoms with Crippen LogP contribution in [0.15, 0.2) is 30.3 Å². The Morgan fingerprint density at radius 2 is 1.96 bits per heavy atom. The first-order chi connectivity index (χ1) is 13.1. The van der Waals surface area contributed by atoms with Crippen LogP contribution in [0.4, 0.5) is 5.69 Å². The molecule has 2 atom stereocenters. The minimum Gasteiger partial charge on any atom is -0.480 e. The molecule has 28 heavy (non-hydrogen) atoms. The molecular weight excluding hydrogens is 362 g/mol. The molecule has 152 valence electrons. The first-order valence-electron chi connectivity index (χ1n) is 9.42. The number of ether oxygens (including phenoxy) is 1. The highest BCUT2D eigenvalue weighted by molar-refractivity contribution is 5.99. The minimum atomic E-state index is -1.16. The average molecular weight is 389 g/mol. The highest BCUT2D eigenvalue weighted by atomic mass is 16.6. The molecule has 0 saturated carbocycles. The second-order valence-corrected chi connectivity index (χ2v) is 8.27. The maximum atomic E-state index is 13.5. The van der Waals surface area contributed by atoms with Gasteiger partial charge in [0.05, 0.1) is 6.67 Å². The van der Waals surface area contributed by atoms with Crippen LogP contribution in [0, 0.1) is 5.92 Å². The molecule has 1 amide bonds. The van der Waals surface area contributed by atoms with E-state index in [0.717, 1.165) is 5.69 Å². The molecule has 2 aliphatic rings. The predicted octanol–water partition coefficient (Wildman–Crippen LogP) is 1.07. The Morgan fingerprint density at radius 1 is 1.29 bits per heavy atom. The molecule has 8 nitrogen and oxygen atoms in total. The number of piperidine rings is 1. The molecule has 2 aliphatic heterocycles. The molecule has 2 heterocycles. The summed E-state index contributed by atoms with van der Waals surface area (Å²) in [6.07, 6.45) is 0.390. The normalized spacial score (nSPS) is 25.2. The summed E-state index contributed by atoms with van der Waals surface area (Å²) in [5, 5.41) is 12.4. The summed E-state index contributed by atoms with van der Waals surface area (Å²) < 4.78 is 5.62. The lowest BCUT2D eigenvalue weighted by molar-refractivity contribution is -0.165. The van der Waals surface area contributed by atoms with E-state index in [0.29, 0.717) is 19.5 Å². The third-order valence-electron chi connectivity index (χ3n) is 5.14. The van der Waals surface area contributed by atoms with Crippen molar-refractivity contribution in [3.05, 3.63) is 30.3 Å². The largest absolute Gasteiger partial charge is 0.480 e. The van der Waals surface area contributed by atoms with Gasteiger partial charge in [0, 0.05) is 12.2 Å². The van der Waals surface area contributed by atoms with Crippen LogP contribution in [-0.2, 0) is 19.1 Å². The van der Waals surface area contributed by atoms with Crippen molar-refractivity contribution in [1.29, 1.82) is 0 Å². The van der Waals surface area contributed by atoms with Crippen LogP contribution in [0.5, 0.6) is 0 Å². The van der Waals surface area contributed by atoms with Crippen molar-refractivity contribution in [1.82, 2.24) is 10.2 Å². The minimum absolute atomic E-state index is 0.119. The number of anilines is 1. The Hall–Kier alpha value is -2.61. The monoisotopic (exact) mass is 389 g/mol. The lowest BCUT2D eigenvalue weighted by atomic mass is 9.76. The molecule has 2 fully saturated rings. The van der Waals surface area contributed by atoms with Crippen LogP contribution in [0.3, 0.4) is 0 Å². The molecule has 0 radical (unpaired) electrons. The first-order valence-corrected chi connectivity index (χ1v) is 9.42. The summed E-state index contributed by atoms with van der Waals surface area (Å²) in [4.78, 5) is 41.0. The molecule has 0 bridgehead atoms. The average Bonchev–Trinajstić information content (AvgIpc) is 2.87. The van der Waals surface area contributed by atoms with Crippen molar-refractivity contribution in [3.63, 3.8) is 0 Å². The van der Waals surface area contributed by atoms with Gasteiger partial charge in [-0.3, -0.25) is 14.4 Å². The van der Waals surface area contributed by atoms with Gasteiger partial charge in [-0.25, -0.2) is 0 Å². The summed E-state index contributed by atoms with van der Waals surface area (Å²) in [5.74, 6) is -2.62. The van der Waals surface area contributed by atoms with E-state index in [1.54, 1.807) is 20.8 Å². The maximum absolute atomic E-state index is 13.5. The van der Waals surface area contributed by atoms with Crippen molar-refractivity contribution < 1.29 is 24.2 Å². The number of para-hydroxylation sites is 1. The van der Waals surface area contributed by atoms with E-state index in [-0.39, 0.29) is 12.6 Å². The van der Waals surface area contributed by atoms with Gasteiger partial charge in [0.2, 0.25) is 0 Å². The quantitative estimate of drug-likeness (QED) is 0.743. The zero-order valence-corrected chi connectivity index (χ0v) is 16.5. The van der Waals surface area contributed by atoms with Crippen LogP contribution in [0.2, 0.25) is 0 Å². The van der Waals surface area contributed by atoms with Gasteiger partial charge in [-0.2, -0.15) is 0 Å². The van der Waals surface area contributed by atoms with Crippen LogP contribution in [0.25, 0.3) is 0 Å². The van der Waals surface area contributed by atoms with Gasteiger partial charge in [-0.15, -0.1) is 0 Å². The number of hydrogen-bond donors (Lipinski definition) is 2. The Morgan fingerprint density at radius 3 is 2.57 bits per heavy atom. The van der Waals surface area contributed by atoms with E-state index in [2.05, 4.69) is 5.32 Å². The number of carbonyl (C=O) groups excluding carboxylic acids is 2. The number of aliphatic carboxylic acids is 1. The van der Waals surface area contributed by atoms with Crippen LogP contribution < -0.4 is 10.2 Å². The Balaban J connectivity index is 2.05. The van der Waals surface area contributed by atoms with E-state index < -0.39 is 35.5 Å². The topological polar surface area (TPSA) is 99.2 Å². The van der Waals surface area contributed by atoms with E-state index in [9.17, 15) is 19.5 Å². The van der Waals surface area contributed by atoms with E-state index in [1.165, 1.54) is 4.90 Å². The molecule has 1 aromatic rings. The second kappa shape index (κ2) is 7.43. The number of nitrogens with zero attached hydrogens (tertiary/aromatic N) is 2. The summed E-state index contributed by atoms with van der Waals surface area (Å²) >= 11 is 0. The van der Waals surface area contributed by atoms with Crippen molar-refractivity contribution in [3.8, 4) is 0 Å². The number of carboxylic acids is 1. The second-order valence-electron chi connectivity index (χ2n) is 8.27. The fourth-order valence-corrected chi connectivity index (χ4v) is 4.05. The van der Waals surface area contributed by atoms with Gasteiger partial charge in [-0.05, 0) is 45.9 Å². The standard InChI is InChI=1S/C20H27N3O5/c1-19(2,3)28-17(26)15-11-21-10-9-20(15)18(27)22(12-16(24)25)13-23(20)14-7-5-4-6-8-14/h4-8,15,21H,9-13H2,1-3H3,(H,24,25). The third-order valence-corrected chi connectivity index (χ3v) is 5.14. The number of carbonyl (C=O) groups is 3. The van der Waals surface area contributed by atoms with Gasteiger partial charge in [0.1, 0.15) is 23.6 Å². The summed E-state index contributed by atoms with van der Waals surface area (Å²) in [7, 11) is 0. The van der Waals surface area contributed by atoms with Crippen LogP contribution in [-0.4, -0.2) is 65.3 Å². The smallest absolute Gasteiger partial charge is 0.323 e. The molecule has 2 N–H and O–H groups in total. The Labute approximate surface area is 164 Å². The molecule has 8 heteroatoms. The fraction of sp³-hybridized carbons (Fsp3) is 0.550. The van der Waals surface area contributed by atoms with Gasteiger partial charge in [0.25, 0.3) is 5.91 Å². The Kier molecular flexibility index (Phi) is 5.34. The molecular formula is C20H27N3O5. The van der Waals surface area contributed by atoms with Gasteiger partial charge < -0.3 is 25.0 Å². The van der Waals surface area contributed by atoms with Gasteiger partial charge >= 0.3 is 11.9 Å². The molecule has 2 saturated heterocycles. The molecule has 1 aromatic carbocycles. The van der Waals surface area contributed by atoms with E-state index in [1.807, 2.05) is 35.2 Å². The highest BCUT2D eigenvalue weighted by Gasteiger charge is 2.61. The zero-order chi connectivity index (χ0) is 20.5. The molecule has 3 rings (SSSR count). The Bertz CT molecular complexity index is 761. The summed E-state index contributed by atoms with van der Waals surface area (Å²) in [5.41, 5.74) is -1.07. The van der Waals surface area contributed by atoms with Crippen LogP contribution >= 0.6 is 0 Å². The number of carboxylic acid groups (broad SMARTS) is 1. The van der Waals surface area contributed by atoms with E-state index >= 15 is 0 Å². The molecule has 1 spiro atoms. The van der Waals surface area contributed by atoms with Crippen LogP contribution in [0.1, 0.15) is 27.2 Å². The maximum Gasteiger partial charge on any atom is 0.323 e. The lowest BCUT2D eigenvalue weighted by Gasteiger charge is -2.45. The molecule has 2 unspecified atom stereocenters.